The van der Waals surface area contributed by atoms with Gasteiger partial charge in [0.2, 0.25) is 11.8 Å². The summed E-state index contributed by atoms with van der Waals surface area (Å²) in [6, 6.07) is 7.78. The predicted molar refractivity (Wildman–Crippen MR) is 93.3 cm³/mol. The molecule has 2 saturated heterocycles. The Morgan fingerprint density at radius 1 is 1.29 bits per heavy atom. The summed E-state index contributed by atoms with van der Waals surface area (Å²) in [5, 5.41) is 6.43. The molecule has 2 aliphatic heterocycles. The van der Waals surface area contributed by atoms with Gasteiger partial charge in [0, 0.05) is 19.1 Å². The van der Waals surface area contributed by atoms with E-state index in [2.05, 4.69) is 43.5 Å². The van der Waals surface area contributed by atoms with Crippen molar-refractivity contribution in [3.63, 3.8) is 0 Å². The monoisotopic (exact) mass is 329 g/mol. The number of nitrogens with one attached hydrogen (secondary N) is 2. The Bertz CT molecular complexity index is 629. The Balaban J connectivity index is 1.62. The number of hydrogen-bond acceptors (Lipinski definition) is 3. The van der Waals surface area contributed by atoms with Gasteiger partial charge in [0.25, 0.3) is 0 Å². The highest BCUT2D eigenvalue weighted by atomic mass is 16.2. The van der Waals surface area contributed by atoms with Crippen LogP contribution in [0.5, 0.6) is 0 Å². The molecular weight excluding hydrogens is 302 g/mol. The Hall–Kier alpha value is -1.88. The van der Waals surface area contributed by atoms with E-state index in [9.17, 15) is 9.59 Å². The number of hydrogen-bond donors (Lipinski definition) is 2. The quantitative estimate of drug-likeness (QED) is 0.862. The summed E-state index contributed by atoms with van der Waals surface area (Å²) in [6.45, 7) is 7.63. The fourth-order valence-electron chi connectivity index (χ4n) is 3.70. The van der Waals surface area contributed by atoms with Crippen LogP contribution in [0.15, 0.2) is 24.3 Å². The van der Waals surface area contributed by atoms with E-state index in [1.807, 2.05) is 12.1 Å². The van der Waals surface area contributed by atoms with Crippen molar-refractivity contribution in [2.45, 2.75) is 58.3 Å². The minimum atomic E-state index is -0.358. The number of amides is 2. The maximum absolute atomic E-state index is 12.6. The number of carbonyl (C=O) groups excluding carboxylic acids is 2. The lowest BCUT2D eigenvalue weighted by Gasteiger charge is -2.35. The molecule has 5 heteroatoms. The van der Waals surface area contributed by atoms with Crippen molar-refractivity contribution in [2.75, 3.05) is 6.54 Å². The minimum absolute atomic E-state index is 0.000409. The van der Waals surface area contributed by atoms with Gasteiger partial charge in [-0.25, -0.2) is 0 Å². The molecule has 130 valence electrons. The molecule has 24 heavy (non-hydrogen) atoms. The number of piperazine rings is 1. The lowest BCUT2D eigenvalue weighted by atomic mass is 9.99. The highest BCUT2D eigenvalue weighted by Crippen LogP contribution is 2.25. The molecule has 0 bridgehead atoms. The van der Waals surface area contributed by atoms with Gasteiger partial charge in [-0.3, -0.25) is 9.59 Å². The maximum Gasteiger partial charge on any atom is 0.245 e. The van der Waals surface area contributed by atoms with Crippen LogP contribution in [0.4, 0.5) is 0 Å². The Kier molecular flexibility index (Phi) is 4.90. The molecule has 0 unspecified atom stereocenters. The van der Waals surface area contributed by atoms with E-state index in [0.29, 0.717) is 25.3 Å². The molecule has 2 amide bonds. The second-order valence-electron chi connectivity index (χ2n) is 7.44. The van der Waals surface area contributed by atoms with Gasteiger partial charge in [-0.1, -0.05) is 38.1 Å². The van der Waals surface area contributed by atoms with Gasteiger partial charge in [0.1, 0.15) is 12.1 Å². The van der Waals surface area contributed by atoms with Crippen LogP contribution in [0.25, 0.3) is 0 Å². The van der Waals surface area contributed by atoms with Crippen molar-refractivity contribution in [1.29, 1.82) is 0 Å². The van der Waals surface area contributed by atoms with Gasteiger partial charge in [-0.2, -0.15) is 0 Å². The summed E-state index contributed by atoms with van der Waals surface area (Å²) in [7, 11) is 0. The highest BCUT2D eigenvalue weighted by Gasteiger charge is 2.46. The summed E-state index contributed by atoms with van der Waals surface area (Å²) in [5.41, 5.74) is 2.52. The smallest absolute Gasteiger partial charge is 0.245 e. The van der Waals surface area contributed by atoms with Gasteiger partial charge >= 0.3 is 0 Å². The fourth-order valence-corrected chi connectivity index (χ4v) is 3.70. The van der Waals surface area contributed by atoms with Crippen molar-refractivity contribution in [1.82, 2.24) is 15.5 Å². The van der Waals surface area contributed by atoms with E-state index >= 15 is 0 Å². The van der Waals surface area contributed by atoms with Gasteiger partial charge in [0.05, 0.1) is 0 Å². The maximum atomic E-state index is 12.6. The van der Waals surface area contributed by atoms with E-state index in [4.69, 9.17) is 0 Å². The molecule has 1 aromatic rings. The van der Waals surface area contributed by atoms with E-state index in [1.165, 1.54) is 11.1 Å². The first-order valence-electron chi connectivity index (χ1n) is 8.84. The summed E-state index contributed by atoms with van der Waals surface area (Å²) in [5.74, 6) is 0.460. The number of carbonyl (C=O) groups is 2. The predicted octanol–water partition coefficient (Wildman–Crippen LogP) is 1.60. The second kappa shape index (κ2) is 6.93. The van der Waals surface area contributed by atoms with Crippen LogP contribution in [0, 0.1) is 12.8 Å². The Morgan fingerprint density at radius 2 is 2.04 bits per heavy atom. The molecule has 2 N–H and O–H groups in total. The first-order valence-corrected chi connectivity index (χ1v) is 8.84. The van der Waals surface area contributed by atoms with Crippen LogP contribution in [0.3, 0.4) is 0 Å². The van der Waals surface area contributed by atoms with Gasteiger partial charge < -0.3 is 15.5 Å². The molecule has 1 aromatic carbocycles. The van der Waals surface area contributed by atoms with Crippen LogP contribution in [0.2, 0.25) is 0 Å². The summed E-state index contributed by atoms with van der Waals surface area (Å²) < 4.78 is 0. The third-order valence-electron chi connectivity index (χ3n) is 5.05. The lowest BCUT2D eigenvalue weighted by molar-refractivity contribution is -0.147. The molecule has 2 heterocycles. The largest absolute Gasteiger partial charge is 0.342 e. The molecule has 5 nitrogen and oxygen atoms in total. The van der Waals surface area contributed by atoms with E-state index in [1.54, 1.807) is 4.90 Å². The number of rotatable bonds is 5. The zero-order valence-corrected chi connectivity index (χ0v) is 14.7. The van der Waals surface area contributed by atoms with Crippen LogP contribution in [0.1, 0.15) is 37.8 Å². The van der Waals surface area contributed by atoms with Crippen LogP contribution >= 0.6 is 0 Å². The number of fused-ring (bicyclic) bond motifs is 1. The molecule has 3 rings (SSSR count). The summed E-state index contributed by atoms with van der Waals surface area (Å²) in [4.78, 5) is 26.8. The van der Waals surface area contributed by atoms with Gasteiger partial charge in [-0.15, -0.1) is 0 Å². The van der Waals surface area contributed by atoms with E-state index < -0.39 is 0 Å². The third-order valence-corrected chi connectivity index (χ3v) is 5.05. The van der Waals surface area contributed by atoms with E-state index in [-0.39, 0.29) is 29.9 Å². The molecule has 0 aliphatic carbocycles. The first-order chi connectivity index (χ1) is 11.5. The zero-order valence-electron chi connectivity index (χ0n) is 14.7. The molecule has 2 fully saturated rings. The molecule has 0 aromatic heterocycles. The average Bonchev–Trinajstić information content (AvgIpc) is 2.96. The molecule has 0 spiro atoms. The molecule has 3 atom stereocenters. The van der Waals surface area contributed by atoms with Gasteiger partial charge in [-0.05, 0) is 36.8 Å². The van der Waals surface area contributed by atoms with Crippen LogP contribution in [-0.4, -0.2) is 41.4 Å². The van der Waals surface area contributed by atoms with E-state index in [0.717, 1.165) is 6.54 Å². The topological polar surface area (TPSA) is 61.4 Å². The minimum Gasteiger partial charge on any atom is -0.342 e. The normalized spacial score (nSPS) is 26.7. The van der Waals surface area contributed by atoms with Gasteiger partial charge in [0.15, 0.2) is 0 Å². The van der Waals surface area contributed by atoms with Crippen molar-refractivity contribution < 1.29 is 9.59 Å². The Labute approximate surface area is 143 Å². The SMILES string of the molecule is Cc1ccccc1CN[C@H]1C[C@H]2C(=O)N[C@H](CC(C)C)C(=O)N2C1. The van der Waals surface area contributed by atoms with Crippen molar-refractivity contribution in [3.05, 3.63) is 35.4 Å². The standard InChI is InChI=1S/C19H27N3O2/c1-12(2)8-16-19(24)22-11-15(9-17(22)18(23)21-16)20-10-14-7-5-4-6-13(14)3/h4-7,12,15-17,20H,8-11H2,1-3H3,(H,21,23)/t15-,16+,17-/m0/s1. The highest BCUT2D eigenvalue weighted by molar-refractivity contribution is 5.97. The molecule has 0 saturated carbocycles. The number of benzene rings is 1. The molecule has 2 aliphatic rings. The summed E-state index contributed by atoms with van der Waals surface area (Å²) >= 11 is 0. The number of aryl methyl sites for hydroxylation is 1. The fraction of sp³-hybridized carbons (Fsp3) is 0.579. The first kappa shape index (κ1) is 17.0. The third kappa shape index (κ3) is 3.46. The van der Waals surface area contributed by atoms with Crippen molar-refractivity contribution >= 4 is 11.8 Å². The second-order valence-corrected chi connectivity index (χ2v) is 7.44. The summed E-state index contributed by atoms with van der Waals surface area (Å²) in [6.07, 6.45) is 1.40. The number of nitrogens with zero attached hydrogens (tertiary/aromatic N) is 1. The van der Waals surface area contributed by atoms with Crippen molar-refractivity contribution in [2.24, 2.45) is 5.92 Å². The van der Waals surface area contributed by atoms with Crippen LogP contribution in [-0.2, 0) is 16.1 Å². The zero-order chi connectivity index (χ0) is 17.3. The molecular formula is C19H27N3O2. The van der Waals surface area contributed by atoms with Crippen molar-refractivity contribution in [3.8, 4) is 0 Å². The Morgan fingerprint density at radius 3 is 2.75 bits per heavy atom. The molecule has 0 radical (unpaired) electrons. The van der Waals surface area contributed by atoms with Crippen LogP contribution < -0.4 is 10.6 Å². The average molecular weight is 329 g/mol. The lowest BCUT2D eigenvalue weighted by Crippen LogP contribution is -2.61.